The van der Waals surface area contributed by atoms with E-state index in [4.69, 9.17) is 10.8 Å². The van der Waals surface area contributed by atoms with Crippen molar-refractivity contribution >= 4 is 11.6 Å². The van der Waals surface area contributed by atoms with Crippen LogP contribution >= 0.6 is 0 Å². The number of aromatic nitrogens is 3. The quantitative estimate of drug-likeness (QED) is 0.796. The minimum absolute atomic E-state index is 0.224. The van der Waals surface area contributed by atoms with E-state index in [0.29, 0.717) is 5.69 Å². The zero-order chi connectivity index (χ0) is 12.6. The lowest BCUT2D eigenvalue weighted by Crippen LogP contribution is -2.32. The molecule has 2 heterocycles. The van der Waals surface area contributed by atoms with Crippen LogP contribution < -0.4 is 5.73 Å². The molecule has 0 saturated carbocycles. The van der Waals surface area contributed by atoms with E-state index in [9.17, 15) is 4.79 Å². The summed E-state index contributed by atoms with van der Waals surface area (Å²) in [6.07, 6.45) is 1.91. The summed E-state index contributed by atoms with van der Waals surface area (Å²) in [6, 6.07) is 0.927. The van der Waals surface area contributed by atoms with Gasteiger partial charge in [0.05, 0.1) is 5.69 Å². The van der Waals surface area contributed by atoms with Gasteiger partial charge in [-0.05, 0) is 13.8 Å². The molecule has 2 rings (SSSR count). The molecule has 1 atom stereocenters. The standard InChI is InChI=1S/C11H14N4O2/c1-6-3-10-14-9(4-8(12)11(16)17)7(2)15(10)5-13-6/h3,5,8H,4,12H2,1-2H3,(H,16,17). The summed E-state index contributed by atoms with van der Waals surface area (Å²) in [4.78, 5) is 19.3. The van der Waals surface area contributed by atoms with E-state index in [1.54, 1.807) is 6.33 Å². The van der Waals surface area contributed by atoms with Crippen LogP contribution in [-0.4, -0.2) is 31.5 Å². The monoisotopic (exact) mass is 234 g/mol. The summed E-state index contributed by atoms with van der Waals surface area (Å²) < 4.78 is 1.83. The summed E-state index contributed by atoms with van der Waals surface area (Å²) in [5, 5.41) is 8.78. The SMILES string of the molecule is Cc1cc2nc(CC(N)C(=O)O)c(C)n2cn1. The van der Waals surface area contributed by atoms with Crippen molar-refractivity contribution in [2.45, 2.75) is 26.3 Å². The number of aliphatic carboxylic acids is 1. The molecular formula is C11H14N4O2. The van der Waals surface area contributed by atoms with Crippen LogP contribution in [0.2, 0.25) is 0 Å². The second-order valence-corrected chi connectivity index (χ2v) is 4.05. The summed E-state index contributed by atoms with van der Waals surface area (Å²) in [6.45, 7) is 3.76. The van der Waals surface area contributed by atoms with Crippen molar-refractivity contribution in [3.05, 3.63) is 29.5 Å². The number of nitrogens with two attached hydrogens (primary N) is 1. The van der Waals surface area contributed by atoms with Gasteiger partial charge in [0.1, 0.15) is 18.0 Å². The van der Waals surface area contributed by atoms with Crippen molar-refractivity contribution in [2.24, 2.45) is 5.73 Å². The maximum atomic E-state index is 10.7. The Bertz CT molecular complexity index is 576. The van der Waals surface area contributed by atoms with Crippen LogP contribution in [0.15, 0.2) is 12.4 Å². The van der Waals surface area contributed by atoms with Gasteiger partial charge in [0.2, 0.25) is 0 Å². The van der Waals surface area contributed by atoms with Crippen molar-refractivity contribution < 1.29 is 9.90 Å². The molecule has 0 fully saturated rings. The highest BCUT2D eigenvalue weighted by Crippen LogP contribution is 2.13. The fourth-order valence-electron chi connectivity index (χ4n) is 1.69. The molecule has 17 heavy (non-hydrogen) atoms. The third kappa shape index (κ3) is 2.12. The van der Waals surface area contributed by atoms with Crippen molar-refractivity contribution in [1.29, 1.82) is 0 Å². The highest BCUT2D eigenvalue weighted by Gasteiger charge is 2.17. The molecule has 0 aliphatic carbocycles. The van der Waals surface area contributed by atoms with E-state index >= 15 is 0 Å². The largest absolute Gasteiger partial charge is 0.480 e. The lowest BCUT2D eigenvalue weighted by atomic mass is 10.1. The number of carboxylic acid groups (broad SMARTS) is 1. The number of nitrogens with zero attached hydrogens (tertiary/aromatic N) is 3. The lowest BCUT2D eigenvalue weighted by molar-refractivity contribution is -0.138. The second kappa shape index (κ2) is 4.14. The molecule has 0 spiro atoms. The maximum absolute atomic E-state index is 10.7. The summed E-state index contributed by atoms with van der Waals surface area (Å²) in [7, 11) is 0. The van der Waals surface area contributed by atoms with Gasteiger partial charge >= 0.3 is 5.97 Å². The highest BCUT2D eigenvalue weighted by molar-refractivity contribution is 5.73. The van der Waals surface area contributed by atoms with E-state index < -0.39 is 12.0 Å². The third-order valence-electron chi connectivity index (χ3n) is 2.72. The minimum atomic E-state index is -1.02. The van der Waals surface area contributed by atoms with Crippen molar-refractivity contribution in [3.63, 3.8) is 0 Å². The van der Waals surface area contributed by atoms with Crippen LogP contribution in [0.1, 0.15) is 17.1 Å². The predicted octanol–water partition coefficient (Wildman–Crippen LogP) is 0.301. The van der Waals surface area contributed by atoms with Crippen LogP contribution in [0.4, 0.5) is 0 Å². The molecule has 2 aromatic heterocycles. The predicted molar refractivity (Wildman–Crippen MR) is 61.8 cm³/mol. The normalized spacial score (nSPS) is 12.9. The number of carbonyl (C=O) groups is 1. The maximum Gasteiger partial charge on any atom is 0.320 e. The molecule has 0 bridgehead atoms. The molecule has 90 valence electrons. The Hall–Kier alpha value is -1.95. The average Bonchev–Trinajstić information content (AvgIpc) is 2.55. The van der Waals surface area contributed by atoms with Gasteiger partial charge < -0.3 is 10.8 Å². The number of hydrogen-bond acceptors (Lipinski definition) is 4. The average molecular weight is 234 g/mol. The summed E-state index contributed by atoms with van der Waals surface area (Å²) in [5.74, 6) is -1.02. The molecule has 6 nitrogen and oxygen atoms in total. The Morgan fingerprint density at radius 1 is 1.59 bits per heavy atom. The molecule has 0 radical (unpaired) electrons. The van der Waals surface area contributed by atoms with Crippen LogP contribution in [0.25, 0.3) is 5.65 Å². The van der Waals surface area contributed by atoms with Gasteiger partial charge in [0.25, 0.3) is 0 Å². The Labute approximate surface area is 98.1 Å². The number of carboxylic acids is 1. The lowest BCUT2D eigenvalue weighted by Gasteiger charge is -2.04. The first-order valence-corrected chi connectivity index (χ1v) is 5.27. The molecule has 0 aliphatic heterocycles. The first-order valence-electron chi connectivity index (χ1n) is 5.27. The second-order valence-electron chi connectivity index (χ2n) is 4.05. The molecule has 0 aromatic carbocycles. The molecular weight excluding hydrogens is 220 g/mol. The van der Waals surface area contributed by atoms with Gasteiger partial charge in [-0.3, -0.25) is 9.20 Å². The fourth-order valence-corrected chi connectivity index (χ4v) is 1.69. The van der Waals surface area contributed by atoms with E-state index in [2.05, 4.69) is 9.97 Å². The summed E-state index contributed by atoms with van der Waals surface area (Å²) >= 11 is 0. The van der Waals surface area contributed by atoms with Gasteiger partial charge in [0, 0.05) is 23.9 Å². The fraction of sp³-hybridized carbons (Fsp3) is 0.364. The van der Waals surface area contributed by atoms with E-state index in [-0.39, 0.29) is 6.42 Å². The summed E-state index contributed by atoms with van der Waals surface area (Å²) in [5.41, 5.74) is 8.72. The number of fused-ring (bicyclic) bond motifs is 1. The molecule has 6 heteroatoms. The smallest absolute Gasteiger partial charge is 0.320 e. The zero-order valence-electron chi connectivity index (χ0n) is 9.71. The molecule has 1 unspecified atom stereocenters. The third-order valence-corrected chi connectivity index (χ3v) is 2.72. The van der Waals surface area contributed by atoms with Gasteiger partial charge in [-0.15, -0.1) is 0 Å². The van der Waals surface area contributed by atoms with Crippen molar-refractivity contribution in [2.75, 3.05) is 0 Å². The van der Waals surface area contributed by atoms with Crippen LogP contribution in [-0.2, 0) is 11.2 Å². The van der Waals surface area contributed by atoms with E-state index in [1.807, 2.05) is 24.3 Å². The Balaban J connectivity index is 2.42. The minimum Gasteiger partial charge on any atom is -0.480 e. The molecule has 2 aromatic rings. The van der Waals surface area contributed by atoms with Gasteiger partial charge in [0.15, 0.2) is 0 Å². The van der Waals surface area contributed by atoms with Crippen LogP contribution in [0.3, 0.4) is 0 Å². The molecule has 0 saturated heterocycles. The molecule has 3 N–H and O–H groups in total. The number of aryl methyl sites for hydroxylation is 2. The first-order chi connectivity index (χ1) is 7.99. The van der Waals surface area contributed by atoms with Crippen LogP contribution in [0, 0.1) is 13.8 Å². The van der Waals surface area contributed by atoms with E-state index in [1.165, 1.54) is 0 Å². The molecule has 0 aliphatic rings. The Kier molecular flexibility index (Phi) is 2.81. The molecule has 0 amide bonds. The van der Waals surface area contributed by atoms with E-state index in [0.717, 1.165) is 17.0 Å². The van der Waals surface area contributed by atoms with Crippen molar-refractivity contribution in [1.82, 2.24) is 14.4 Å². The Morgan fingerprint density at radius 3 is 2.94 bits per heavy atom. The zero-order valence-corrected chi connectivity index (χ0v) is 9.71. The number of rotatable bonds is 3. The van der Waals surface area contributed by atoms with Crippen LogP contribution in [0.5, 0.6) is 0 Å². The van der Waals surface area contributed by atoms with Gasteiger partial charge in [-0.25, -0.2) is 9.97 Å². The van der Waals surface area contributed by atoms with Crippen molar-refractivity contribution in [3.8, 4) is 0 Å². The topological polar surface area (TPSA) is 93.5 Å². The Morgan fingerprint density at radius 2 is 2.29 bits per heavy atom. The highest BCUT2D eigenvalue weighted by atomic mass is 16.4. The van der Waals surface area contributed by atoms with Gasteiger partial charge in [-0.2, -0.15) is 0 Å². The number of hydrogen-bond donors (Lipinski definition) is 2. The number of imidazole rings is 1. The first kappa shape index (κ1) is 11.5. The van der Waals surface area contributed by atoms with Gasteiger partial charge in [-0.1, -0.05) is 0 Å².